The van der Waals surface area contributed by atoms with Gasteiger partial charge in [0.25, 0.3) is 10.0 Å². The van der Waals surface area contributed by atoms with Crippen LogP contribution in [-0.2, 0) is 19.5 Å². The molecular formula is C16H15Cl2NO6S2. The number of halogens is 2. The van der Waals surface area contributed by atoms with E-state index in [1.807, 2.05) is 0 Å². The van der Waals surface area contributed by atoms with Crippen molar-refractivity contribution in [2.45, 2.75) is 10.6 Å². The Hall–Kier alpha value is -1.52. The lowest BCUT2D eigenvalue weighted by Crippen LogP contribution is -2.15. The number of ether oxygens (including phenoxy) is 2. The zero-order chi connectivity index (χ0) is 19.6. The second-order valence-electron chi connectivity index (χ2n) is 5.85. The third-order valence-corrected chi connectivity index (χ3v) is 7.55. The molecule has 0 amide bonds. The third kappa shape index (κ3) is 4.85. The number of anilines is 1. The van der Waals surface area contributed by atoms with E-state index >= 15 is 0 Å². The number of benzene rings is 1. The summed E-state index contributed by atoms with van der Waals surface area (Å²) in [5, 5.41) is 10.2. The Balaban J connectivity index is 1.69. The predicted octanol–water partition coefficient (Wildman–Crippen LogP) is 3.75. The molecule has 1 saturated heterocycles. The van der Waals surface area contributed by atoms with Gasteiger partial charge >= 0.3 is 5.97 Å². The second-order valence-corrected chi connectivity index (χ2v) is 9.82. The standard InChI is InChI=1S/C16H15Cl2NO6S2/c17-12-6-14(26-15(12)18)27(22,23)19-10-1-2-11(13(20)5-10)16(21)25-8-9-3-4-24-7-9/h1-2,5-6,9,19-20H,3-4,7-8H2. The Morgan fingerprint density at radius 2 is 2.15 bits per heavy atom. The summed E-state index contributed by atoms with van der Waals surface area (Å²) in [6.45, 7) is 1.38. The molecule has 11 heteroatoms. The summed E-state index contributed by atoms with van der Waals surface area (Å²) in [7, 11) is -3.93. The topological polar surface area (TPSA) is 102 Å². The quantitative estimate of drug-likeness (QED) is 0.648. The summed E-state index contributed by atoms with van der Waals surface area (Å²) < 4.78 is 37.4. The van der Waals surface area contributed by atoms with Gasteiger partial charge in [-0.15, -0.1) is 11.3 Å². The molecule has 1 aromatic heterocycles. The van der Waals surface area contributed by atoms with E-state index in [2.05, 4.69) is 4.72 Å². The number of sulfonamides is 1. The fourth-order valence-corrected chi connectivity index (χ4v) is 5.35. The molecule has 0 radical (unpaired) electrons. The van der Waals surface area contributed by atoms with Gasteiger partial charge in [0.1, 0.15) is 19.9 Å². The molecule has 1 unspecified atom stereocenters. The highest BCUT2D eigenvalue weighted by molar-refractivity contribution is 7.94. The Labute approximate surface area is 169 Å². The minimum Gasteiger partial charge on any atom is -0.507 e. The number of thiophene rings is 1. The summed E-state index contributed by atoms with van der Waals surface area (Å²) in [4.78, 5) is 12.1. The minimum atomic E-state index is -3.93. The van der Waals surface area contributed by atoms with E-state index in [0.717, 1.165) is 23.8 Å². The molecule has 1 fully saturated rings. The van der Waals surface area contributed by atoms with Crippen LogP contribution in [0, 0.1) is 5.92 Å². The van der Waals surface area contributed by atoms with Crippen LogP contribution in [0.15, 0.2) is 28.5 Å². The molecule has 0 saturated carbocycles. The van der Waals surface area contributed by atoms with Crippen LogP contribution in [-0.4, -0.2) is 39.3 Å². The number of phenolic OH excluding ortho intramolecular Hbond substituents is 1. The molecule has 1 aliphatic rings. The first kappa shape index (κ1) is 20.2. The molecule has 0 bridgehead atoms. The molecule has 3 rings (SSSR count). The van der Waals surface area contributed by atoms with Gasteiger partial charge in [-0.3, -0.25) is 4.72 Å². The molecule has 27 heavy (non-hydrogen) atoms. The van der Waals surface area contributed by atoms with Gasteiger partial charge in [0.05, 0.1) is 23.9 Å². The molecule has 1 aromatic carbocycles. The molecule has 2 N–H and O–H groups in total. The number of esters is 1. The van der Waals surface area contributed by atoms with Crippen LogP contribution in [0.25, 0.3) is 0 Å². The van der Waals surface area contributed by atoms with Crippen molar-refractivity contribution >= 4 is 56.2 Å². The largest absolute Gasteiger partial charge is 0.507 e. The van der Waals surface area contributed by atoms with Crippen molar-refractivity contribution in [3.63, 3.8) is 0 Å². The van der Waals surface area contributed by atoms with Gasteiger partial charge in [-0.05, 0) is 24.6 Å². The van der Waals surface area contributed by atoms with Crippen molar-refractivity contribution < 1.29 is 27.8 Å². The summed E-state index contributed by atoms with van der Waals surface area (Å²) in [5.74, 6) is -0.942. The van der Waals surface area contributed by atoms with Crippen LogP contribution in [0.5, 0.6) is 5.75 Å². The van der Waals surface area contributed by atoms with Gasteiger partial charge < -0.3 is 14.6 Å². The number of hydrogen-bond donors (Lipinski definition) is 2. The molecule has 146 valence electrons. The van der Waals surface area contributed by atoms with E-state index in [0.29, 0.717) is 13.2 Å². The maximum atomic E-state index is 12.3. The number of hydrogen-bond acceptors (Lipinski definition) is 7. The van der Waals surface area contributed by atoms with Gasteiger partial charge in [-0.1, -0.05) is 23.2 Å². The highest BCUT2D eigenvalue weighted by atomic mass is 35.5. The number of nitrogens with one attached hydrogen (secondary N) is 1. The number of phenols is 1. The molecule has 1 aliphatic heterocycles. The van der Waals surface area contributed by atoms with E-state index < -0.39 is 21.7 Å². The van der Waals surface area contributed by atoms with Crippen LogP contribution >= 0.6 is 34.5 Å². The lowest BCUT2D eigenvalue weighted by molar-refractivity contribution is 0.0425. The van der Waals surface area contributed by atoms with Crippen LogP contribution in [0.2, 0.25) is 9.36 Å². The van der Waals surface area contributed by atoms with Crippen LogP contribution in [0.1, 0.15) is 16.8 Å². The fourth-order valence-electron chi connectivity index (χ4n) is 2.42. The molecule has 2 aromatic rings. The number of carbonyl (C=O) groups excluding carboxylic acids is 1. The lowest BCUT2D eigenvalue weighted by atomic mass is 10.1. The smallest absolute Gasteiger partial charge is 0.341 e. The highest BCUT2D eigenvalue weighted by Crippen LogP contribution is 2.35. The molecule has 2 heterocycles. The summed E-state index contributed by atoms with van der Waals surface area (Å²) in [6, 6.07) is 5.00. The molecular weight excluding hydrogens is 437 g/mol. The van der Waals surface area contributed by atoms with E-state index in [-0.39, 0.29) is 37.3 Å². The van der Waals surface area contributed by atoms with Crippen molar-refractivity contribution in [2.75, 3.05) is 24.5 Å². The van der Waals surface area contributed by atoms with Crippen LogP contribution in [0.3, 0.4) is 0 Å². The van der Waals surface area contributed by atoms with Crippen LogP contribution in [0.4, 0.5) is 5.69 Å². The first-order valence-electron chi connectivity index (χ1n) is 7.82. The molecule has 0 spiro atoms. The lowest BCUT2D eigenvalue weighted by Gasteiger charge is -2.11. The average Bonchev–Trinajstić information content (AvgIpc) is 3.23. The maximum Gasteiger partial charge on any atom is 0.341 e. The second kappa shape index (κ2) is 8.24. The van der Waals surface area contributed by atoms with Gasteiger partial charge in [0.2, 0.25) is 0 Å². The third-order valence-electron chi connectivity index (χ3n) is 3.83. The Kier molecular flexibility index (Phi) is 6.17. The summed E-state index contributed by atoms with van der Waals surface area (Å²) in [6.07, 6.45) is 0.816. The molecule has 7 nitrogen and oxygen atoms in total. The maximum absolute atomic E-state index is 12.3. The van der Waals surface area contributed by atoms with Gasteiger partial charge in [0.15, 0.2) is 0 Å². The normalized spacial score (nSPS) is 17.0. The number of rotatable bonds is 6. The first-order valence-corrected chi connectivity index (χ1v) is 10.9. The van der Waals surface area contributed by atoms with Gasteiger partial charge in [-0.25, -0.2) is 13.2 Å². The predicted molar refractivity (Wildman–Crippen MR) is 102 cm³/mol. The van der Waals surface area contributed by atoms with E-state index in [1.54, 1.807) is 0 Å². The number of aromatic hydroxyl groups is 1. The molecule has 0 aliphatic carbocycles. The van der Waals surface area contributed by atoms with Crippen molar-refractivity contribution in [1.82, 2.24) is 0 Å². The van der Waals surface area contributed by atoms with Gasteiger partial charge in [0, 0.05) is 18.6 Å². The van der Waals surface area contributed by atoms with Crippen molar-refractivity contribution in [3.05, 3.63) is 39.2 Å². The van der Waals surface area contributed by atoms with E-state index in [4.69, 9.17) is 32.7 Å². The average molecular weight is 452 g/mol. The van der Waals surface area contributed by atoms with Crippen molar-refractivity contribution in [3.8, 4) is 5.75 Å². The Morgan fingerprint density at radius 1 is 1.37 bits per heavy atom. The zero-order valence-corrected chi connectivity index (χ0v) is 16.9. The first-order chi connectivity index (χ1) is 12.8. The number of carbonyl (C=O) groups is 1. The summed E-state index contributed by atoms with van der Waals surface area (Å²) >= 11 is 12.4. The van der Waals surface area contributed by atoms with Crippen LogP contribution < -0.4 is 4.72 Å². The SMILES string of the molecule is O=C(OCC1CCOC1)c1ccc(NS(=O)(=O)c2cc(Cl)c(Cl)s2)cc1O. The highest BCUT2D eigenvalue weighted by Gasteiger charge is 2.22. The van der Waals surface area contributed by atoms with Crippen molar-refractivity contribution in [1.29, 1.82) is 0 Å². The monoisotopic (exact) mass is 451 g/mol. The molecule has 1 atom stereocenters. The van der Waals surface area contributed by atoms with E-state index in [1.165, 1.54) is 18.2 Å². The summed E-state index contributed by atoms with van der Waals surface area (Å²) in [5.41, 5.74) is 0.0213. The fraction of sp³-hybridized carbons (Fsp3) is 0.312. The zero-order valence-electron chi connectivity index (χ0n) is 13.8. The van der Waals surface area contributed by atoms with Gasteiger partial charge in [-0.2, -0.15) is 0 Å². The van der Waals surface area contributed by atoms with E-state index in [9.17, 15) is 18.3 Å². The minimum absolute atomic E-state index is 0.0564. The Morgan fingerprint density at radius 3 is 2.74 bits per heavy atom. The Bertz CT molecular complexity index is 934. The van der Waals surface area contributed by atoms with Crippen molar-refractivity contribution in [2.24, 2.45) is 5.92 Å².